The Morgan fingerprint density at radius 3 is 1.18 bits per heavy atom. The van der Waals surface area contributed by atoms with Crippen molar-refractivity contribution in [1.29, 1.82) is 0 Å². The maximum atomic E-state index is 13.7. The van der Waals surface area contributed by atoms with Crippen molar-refractivity contribution >= 4 is 47.6 Å². The number of para-hydroxylation sites is 4. The second kappa shape index (κ2) is 20.1. The number of ether oxygens (including phenoxy) is 6. The molecule has 0 heterocycles. The van der Waals surface area contributed by atoms with Crippen LogP contribution < -0.4 is 18.9 Å². The minimum Gasteiger partial charge on any atom is -0.465 e. The number of methoxy groups -OCH3 is 1. The molecule has 0 radical (unpaired) electrons. The molecular weight excluding hydrogens is 740 g/mol. The average molecular weight is 781 g/mol. The third-order valence-electron chi connectivity index (χ3n) is 8.81. The SMILES string of the molecule is CCC(CC)(C(=O)Oc1ccccc1C(=O)OC)C(=O)Oc1ccccc1C(=O)OC(=O)c1ccccc1OC(=O)CCCCC(=O)Oc1ccccc1C(C)=O. The van der Waals surface area contributed by atoms with E-state index in [4.69, 9.17) is 28.4 Å². The molecule has 0 aliphatic rings. The minimum absolute atomic E-state index is 0.0329. The fourth-order valence-electron chi connectivity index (χ4n) is 5.52. The summed E-state index contributed by atoms with van der Waals surface area (Å²) in [5, 5.41) is 0. The third kappa shape index (κ3) is 10.8. The molecule has 0 saturated carbocycles. The molecule has 0 unspecified atom stereocenters. The first-order valence-electron chi connectivity index (χ1n) is 17.9. The van der Waals surface area contributed by atoms with Crippen molar-refractivity contribution in [3.8, 4) is 23.0 Å². The van der Waals surface area contributed by atoms with E-state index in [1.165, 1.54) is 86.8 Å². The molecule has 296 valence electrons. The molecule has 0 spiro atoms. The summed E-state index contributed by atoms with van der Waals surface area (Å²) in [5.41, 5.74) is -2.23. The van der Waals surface area contributed by atoms with Gasteiger partial charge in [-0.3, -0.25) is 24.0 Å². The highest BCUT2D eigenvalue weighted by Crippen LogP contribution is 2.34. The van der Waals surface area contributed by atoms with Crippen LogP contribution in [0.2, 0.25) is 0 Å². The van der Waals surface area contributed by atoms with Crippen LogP contribution in [0, 0.1) is 5.41 Å². The Kier molecular flexibility index (Phi) is 15.1. The minimum atomic E-state index is -1.87. The number of carbonyl (C=O) groups excluding carboxylic acids is 8. The molecule has 0 aromatic heterocycles. The highest BCUT2D eigenvalue weighted by Gasteiger charge is 2.47. The number of unbranched alkanes of at least 4 members (excludes halogenated alkanes) is 1. The van der Waals surface area contributed by atoms with Crippen LogP contribution in [0.25, 0.3) is 0 Å². The number of carbonyl (C=O) groups is 8. The summed E-state index contributed by atoms with van der Waals surface area (Å²) in [4.78, 5) is 103. The van der Waals surface area contributed by atoms with Crippen molar-refractivity contribution in [1.82, 2.24) is 0 Å². The molecule has 4 aromatic rings. The van der Waals surface area contributed by atoms with Crippen molar-refractivity contribution in [2.45, 2.75) is 59.3 Å². The van der Waals surface area contributed by atoms with E-state index in [-0.39, 0.29) is 89.6 Å². The number of rotatable bonds is 17. The van der Waals surface area contributed by atoms with Crippen molar-refractivity contribution in [3.05, 3.63) is 119 Å². The summed E-state index contributed by atoms with van der Waals surface area (Å²) in [6.45, 7) is 4.49. The molecule has 4 aromatic carbocycles. The van der Waals surface area contributed by atoms with E-state index >= 15 is 0 Å². The lowest BCUT2D eigenvalue weighted by molar-refractivity contribution is -0.161. The smallest absolute Gasteiger partial charge is 0.349 e. The predicted molar refractivity (Wildman–Crippen MR) is 201 cm³/mol. The quantitative estimate of drug-likeness (QED) is 0.0348. The van der Waals surface area contributed by atoms with E-state index in [1.54, 1.807) is 38.1 Å². The van der Waals surface area contributed by atoms with Gasteiger partial charge < -0.3 is 28.4 Å². The maximum absolute atomic E-state index is 13.7. The van der Waals surface area contributed by atoms with Crippen LogP contribution in [0.5, 0.6) is 23.0 Å². The van der Waals surface area contributed by atoms with Crippen LogP contribution in [-0.4, -0.2) is 54.7 Å². The van der Waals surface area contributed by atoms with Gasteiger partial charge in [0, 0.05) is 12.8 Å². The van der Waals surface area contributed by atoms with E-state index in [1.807, 2.05) is 0 Å². The zero-order valence-electron chi connectivity index (χ0n) is 31.7. The van der Waals surface area contributed by atoms with E-state index in [2.05, 4.69) is 0 Å². The van der Waals surface area contributed by atoms with Crippen molar-refractivity contribution in [2.75, 3.05) is 7.11 Å². The average Bonchev–Trinajstić information content (AvgIpc) is 3.20. The van der Waals surface area contributed by atoms with E-state index in [9.17, 15) is 38.4 Å². The normalized spacial score (nSPS) is 10.7. The maximum Gasteiger partial charge on any atom is 0.349 e. The molecule has 14 heteroatoms. The first-order chi connectivity index (χ1) is 27.3. The van der Waals surface area contributed by atoms with Crippen LogP contribution in [0.15, 0.2) is 97.1 Å². The molecule has 0 saturated heterocycles. The van der Waals surface area contributed by atoms with Crippen LogP contribution in [-0.2, 0) is 28.7 Å². The number of benzene rings is 4. The van der Waals surface area contributed by atoms with Gasteiger partial charge in [0.1, 0.15) is 39.7 Å². The second-order valence-electron chi connectivity index (χ2n) is 12.4. The number of hydrogen-bond donors (Lipinski definition) is 0. The van der Waals surface area contributed by atoms with Crippen LogP contribution >= 0.6 is 0 Å². The standard InChI is InChI=1S/C43H40O14/c1-5-43(6-2,41(50)55-34-23-13-8-18-29(34)38(47)52-4)42(51)56-35-24-14-10-20-31(35)40(49)57-39(48)30-19-9-12-22-33(30)54-37(46)26-16-15-25-36(45)53-32-21-11-7-17-28(32)27(3)44/h7-14,17-24H,5-6,15-16,25-26H2,1-4H3. The lowest BCUT2D eigenvalue weighted by Gasteiger charge is -2.27. The van der Waals surface area contributed by atoms with Crippen LogP contribution in [0.1, 0.15) is 101 Å². The molecule has 14 nitrogen and oxygen atoms in total. The molecule has 0 atom stereocenters. The van der Waals surface area contributed by atoms with Crippen molar-refractivity contribution < 1.29 is 66.8 Å². The van der Waals surface area contributed by atoms with E-state index in [0.717, 1.165) is 0 Å². The Hall–Kier alpha value is -6.96. The molecule has 0 aliphatic carbocycles. The highest BCUT2D eigenvalue weighted by molar-refractivity contribution is 6.07. The zero-order valence-corrected chi connectivity index (χ0v) is 31.7. The van der Waals surface area contributed by atoms with Gasteiger partial charge in [-0.25, -0.2) is 14.4 Å². The predicted octanol–water partition coefficient (Wildman–Crippen LogP) is 7.06. The summed E-state index contributed by atoms with van der Waals surface area (Å²) in [6.07, 6.45) is 0.187. The zero-order chi connectivity index (χ0) is 41.5. The monoisotopic (exact) mass is 780 g/mol. The van der Waals surface area contributed by atoms with Gasteiger partial charge in [-0.1, -0.05) is 62.4 Å². The highest BCUT2D eigenvalue weighted by atomic mass is 16.6. The molecule has 0 N–H and O–H groups in total. The van der Waals surface area contributed by atoms with Crippen molar-refractivity contribution in [3.63, 3.8) is 0 Å². The fraction of sp³-hybridized carbons (Fsp3) is 0.256. The van der Waals surface area contributed by atoms with Gasteiger partial charge in [-0.2, -0.15) is 0 Å². The van der Waals surface area contributed by atoms with Gasteiger partial charge in [0.05, 0.1) is 12.7 Å². The lowest BCUT2D eigenvalue weighted by Crippen LogP contribution is -2.44. The van der Waals surface area contributed by atoms with E-state index in [0.29, 0.717) is 0 Å². The second-order valence-corrected chi connectivity index (χ2v) is 12.4. The van der Waals surface area contributed by atoms with E-state index < -0.39 is 47.2 Å². The Morgan fingerprint density at radius 2 is 0.807 bits per heavy atom. The van der Waals surface area contributed by atoms with Crippen molar-refractivity contribution in [2.24, 2.45) is 5.41 Å². The topological polar surface area (TPSA) is 192 Å². The molecule has 57 heavy (non-hydrogen) atoms. The summed E-state index contributed by atoms with van der Waals surface area (Å²) < 4.78 is 31.6. The Morgan fingerprint density at radius 1 is 0.474 bits per heavy atom. The molecular formula is C43H40O14. The third-order valence-corrected chi connectivity index (χ3v) is 8.81. The van der Waals surface area contributed by atoms with Gasteiger partial charge in [0.2, 0.25) is 0 Å². The Balaban J connectivity index is 1.38. The molecule has 0 fully saturated rings. The number of ketones is 1. The number of hydrogen-bond acceptors (Lipinski definition) is 14. The summed E-state index contributed by atoms with van der Waals surface area (Å²) >= 11 is 0. The summed E-state index contributed by atoms with van der Waals surface area (Å²) in [6, 6.07) is 23.2. The molecule has 0 amide bonds. The number of esters is 7. The van der Waals surface area contributed by atoms with Gasteiger partial charge >= 0.3 is 41.8 Å². The summed E-state index contributed by atoms with van der Waals surface area (Å²) in [5.74, 6) is -7.28. The van der Waals surface area contributed by atoms with Crippen LogP contribution in [0.3, 0.4) is 0 Å². The summed E-state index contributed by atoms with van der Waals surface area (Å²) in [7, 11) is 1.17. The molecule has 0 bridgehead atoms. The fourth-order valence-corrected chi connectivity index (χ4v) is 5.52. The van der Waals surface area contributed by atoms with Gasteiger partial charge in [-0.15, -0.1) is 0 Å². The van der Waals surface area contributed by atoms with Gasteiger partial charge in [0.15, 0.2) is 11.2 Å². The Labute approximate surface area is 328 Å². The number of Topliss-reactive ketones (excluding diaryl/α,β-unsaturated/α-hetero) is 1. The first kappa shape index (κ1) is 42.8. The molecule has 0 aliphatic heterocycles. The largest absolute Gasteiger partial charge is 0.465 e. The lowest BCUT2D eigenvalue weighted by atomic mass is 9.82. The van der Waals surface area contributed by atoms with Gasteiger partial charge in [0.25, 0.3) is 0 Å². The first-order valence-corrected chi connectivity index (χ1v) is 17.9. The Bertz CT molecular complexity index is 2160. The van der Waals surface area contributed by atoms with Crippen LogP contribution in [0.4, 0.5) is 0 Å². The molecule has 4 rings (SSSR count). The van der Waals surface area contributed by atoms with Gasteiger partial charge in [-0.05, 0) is 81.1 Å².